The lowest BCUT2D eigenvalue weighted by molar-refractivity contribution is -0.101. The molecule has 0 N–H and O–H groups in total. The molecular formula is C14H19NO4S. The Kier molecular flexibility index (Phi) is 2.78. The third-order valence-electron chi connectivity index (χ3n) is 5.02. The number of nitrogens with zero attached hydrogens (tertiary/aromatic N) is 1. The summed E-state index contributed by atoms with van der Waals surface area (Å²) in [5.74, 6) is 0.534. The molecule has 1 aromatic rings. The first-order chi connectivity index (χ1) is 9.63. The third-order valence-corrected chi connectivity index (χ3v) is 6.74. The van der Waals surface area contributed by atoms with E-state index in [1.54, 1.807) is 10.4 Å². The maximum absolute atomic E-state index is 12.6. The van der Waals surface area contributed by atoms with Crippen LogP contribution in [0.4, 0.5) is 0 Å². The van der Waals surface area contributed by atoms with Crippen LogP contribution in [0.25, 0.3) is 0 Å². The van der Waals surface area contributed by atoms with Crippen LogP contribution in [0.15, 0.2) is 27.9 Å². The van der Waals surface area contributed by atoms with Gasteiger partial charge in [-0.3, -0.25) is 0 Å². The minimum atomic E-state index is -3.46. The van der Waals surface area contributed by atoms with Crippen molar-refractivity contribution < 1.29 is 17.6 Å². The van der Waals surface area contributed by atoms with Crippen molar-refractivity contribution in [1.29, 1.82) is 0 Å². The third kappa shape index (κ3) is 1.78. The van der Waals surface area contributed by atoms with E-state index in [0.717, 1.165) is 38.9 Å². The second-order valence-corrected chi connectivity index (χ2v) is 8.06. The van der Waals surface area contributed by atoms with E-state index in [1.165, 1.54) is 12.3 Å². The Labute approximate surface area is 118 Å². The highest BCUT2D eigenvalue weighted by molar-refractivity contribution is 7.89. The van der Waals surface area contributed by atoms with Gasteiger partial charge in [0.25, 0.3) is 10.0 Å². The minimum Gasteiger partial charge on any atom is -0.452 e. The van der Waals surface area contributed by atoms with Crippen LogP contribution >= 0.6 is 0 Å². The van der Waals surface area contributed by atoms with E-state index in [0.29, 0.717) is 12.5 Å². The molecule has 5 nitrogen and oxygen atoms in total. The first-order valence-electron chi connectivity index (χ1n) is 7.27. The Hall–Kier alpha value is -0.850. The average molecular weight is 297 g/mol. The van der Waals surface area contributed by atoms with Gasteiger partial charge in [-0.1, -0.05) is 0 Å². The predicted molar refractivity (Wildman–Crippen MR) is 71.6 cm³/mol. The highest BCUT2D eigenvalue weighted by atomic mass is 32.2. The molecule has 0 amide bonds. The summed E-state index contributed by atoms with van der Waals surface area (Å²) in [5, 5.41) is 0.0741. The summed E-state index contributed by atoms with van der Waals surface area (Å²) in [4.78, 5) is 0. The topological polar surface area (TPSA) is 59.8 Å². The standard InChI is InChI=1S/C14H19NO4S/c16-20(17,12-2-1-7-19-12)15-10-14(5-8-18-9-6-14)13(15)11-3-4-11/h1-2,7,11,13H,3-6,8-10H2. The Bertz CT molecular complexity index is 585. The fourth-order valence-corrected chi connectivity index (χ4v) is 5.62. The Balaban J connectivity index is 1.64. The predicted octanol–water partition coefficient (Wildman–Crippen LogP) is 1.86. The Morgan fingerprint density at radius 1 is 1.25 bits per heavy atom. The number of hydrogen-bond donors (Lipinski definition) is 0. The zero-order valence-corrected chi connectivity index (χ0v) is 12.1. The van der Waals surface area contributed by atoms with Crippen molar-refractivity contribution in [3.63, 3.8) is 0 Å². The number of hydrogen-bond acceptors (Lipinski definition) is 4. The second-order valence-electron chi connectivity index (χ2n) is 6.24. The number of rotatable bonds is 3. The molecule has 6 heteroatoms. The van der Waals surface area contributed by atoms with Crippen LogP contribution in [-0.2, 0) is 14.8 Å². The summed E-state index contributed by atoms with van der Waals surface area (Å²) in [7, 11) is -3.46. The average Bonchev–Trinajstić information content (AvgIpc) is 3.07. The molecule has 20 heavy (non-hydrogen) atoms. The fraction of sp³-hybridized carbons (Fsp3) is 0.714. The van der Waals surface area contributed by atoms with Gasteiger partial charge in [-0.05, 0) is 43.7 Å². The summed E-state index contributed by atoms with van der Waals surface area (Å²) in [6.45, 7) is 2.15. The van der Waals surface area contributed by atoms with Crippen LogP contribution in [0.2, 0.25) is 0 Å². The summed E-state index contributed by atoms with van der Waals surface area (Å²) >= 11 is 0. The first-order valence-corrected chi connectivity index (χ1v) is 8.71. The van der Waals surface area contributed by atoms with Crippen LogP contribution in [0.3, 0.4) is 0 Å². The van der Waals surface area contributed by atoms with Crippen molar-refractivity contribution in [2.45, 2.75) is 36.8 Å². The van der Waals surface area contributed by atoms with Crippen molar-refractivity contribution in [3.8, 4) is 0 Å². The van der Waals surface area contributed by atoms with E-state index in [9.17, 15) is 8.42 Å². The minimum absolute atomic E-state index is 0.0741. The van der Waals surface area contributed by atoms with Crippen LogP contribution < -0.4 is 0 Å². The van der Waals surface area contributed by atoms with Gasteiger partial charge in [0.2, 0.25) is 5.09 Å². The van der Waals surface area contributed by atoms with Gasteiger partial charge in [-0.15, -0.1) is 0 Å². The molecule has 1 spiro atoms. The van der Waals surface area contributed by atoms with Gasteiger partial charge in [0.1, 0.15) is 0 Å². The zero-order valence-electron chi connectivity index (χ0n) is 11.3. The van der Waals surface area contributed by atoms with Gasteiger partial charge in [0.15, 0.2) is 0 Å². The molecule has 1 atom stereocenters. The molecule has 3 aliphatic rings. The van der Waals surface area contributed by atoms with Gasteiger partial charge in [-0.2, -0.15) is 4.31 Å². The van der Waals surface area contributed by atoms with E-state index in [-0.39, 0.29) is 16.5 Å². The van der Waals surface area contributed by atoms with E-state index in [1.807, 2.05) is 0 Å². The van der Waals surface area contributed by atoms with E-state index in [4.69, 9.17) is 9.15 Å². The normalized spacial score (nSPS) is 30.3. The summed E-state index contributed by atoms with van der Waals surface area (Å²) < 4.78 is 37.5. The van der Waals surface area contributed by atoms with Crippen LogP contribution in [0, 0.1) is 11.3 Å². The molecule has 1 saturated carbocycles. The Morgan fingerprint density at radius 3 is 2.60 bits per heavy atom. The molecule has 4 rings (SSSR count). The van der Waals surface area contributed by atoms with Crippen molar-refractivity contribution in [2.75, 3.05) is 19.8 Å². The quantitative estimate of drug-likeness (QED) is 0.854. The molecule has 3 fully saturated rings. The smallest absolute Gasteiger partial charge is 0.276 e. The molecule has 3 heterocycles. The van der Waals surface area contributed by atoms with Gasteiger partial charge in [0.05, 0.1) is 6.26 Å². The number of furan rings is 1. The zero-order chi connectivity index (χ0) is 13.8. The van der Waals surface area contributed by atoms with E-state index >= 15 is 0 Å². The monoisotopic (exact) mass is 297 g/mol. The van der Waals surface area contributed by atoms with Crippen molar-refractivity contribution in [3.05, 3.63) is 18.4 Å². The van der Waals surface area contributed by atoms with Gasteiger partial charge in [0, 0.05) is 31.2 Å². The first kappa shape index (κ1) is 12.9. The highest BCUT2D eigenvalue weighted by Gasteiger charge is 2.62. The Morgan fingerprint density at radius 2 is 2.00 bits per heavy atom. The maximum Gasteiger partial charge on any atom is 0.276 e. The van der Waals surface area contributed by atoms with Crippen molar-refractivity contribution in [1.82, 2.24) is 4.31 Å². The molecule has 2 aliphatic heterocycles. The lowest BCUT2D eigenvalue weighted by atomic mass is 9.66. The molecule has 1 unspecified atom stereocenters. The second kappa shape index (κ2) is 4.32. The molecule has 0 aromatic carbocycles. The SMILES string of the molecule is O=S(=O)(c1ccco1)N1CC2(CCOCC2)C1C1CC1. The lowest BCUT2D eigenvalue weighted by Crippen LogP contribution is -2.68. The highest BCUT2D eigenvalue weighted by Crippen LogP contribution is 2.56. The summed E-state index contributed by atoms with van der Waals surface area (Å²) in [5.41, 5.74) is 0.152. The van der Waals surface area contributed by atoms with Gasteiger partial charge >= 0.3 is 0 Å². The molecule has 1 aromatic heterocycles. The maximum atomic E-state index is 12.6. The van der Waals surface area contributed by atoms with Crippen LogP contribution in [0.1, 0.15) is 25.7 Å². The fourth-order valence-electron chi connectivity index (χ4n) is 3.83. The largest absolute Gasteiger partial charge is 0.452 e. The summed E-state index contributed by atoms with van der Waals surface area (Å²) in [6.07, 6.45) is 5.69. The van der Waals surface area contributed by atoms with Gasteiger partial charge in [-0.25, -0.2) is 8.42 Å². The summed E-state index contributed by atoms with van der Waals surface area (Å²) in [6, 6.07) is 3.32. The van der Waals surface area contributed by atoms with Crippen LogP contribution in [0.5, 0.6) is 0 Å². The molecule has 0 bridgehead atoms. The van der Waals surface area contributed by atoms with Crippen molar-refractivity contribution in [2.24, 2.45) is 11.3 Å². The number of sulfonamides is 1. The van der Waals surface area contributed by atoms with Crippen molar-refractivity contribution >= 4 is 10.0 Å². The molecule has 110 valence electrons. The molecule has 1 aliphatic carbocycles. The van der Waals surface area contributed by atoms with Gasteiger partial charge < -0.3 is 9.15 Å². The molecule has 2 saturated heterocycles. The molecular weight excluding hydrogens is 278 g/mol. The van der Waals surface area contributed by atoms with E-state index < -0.39 is 10.0 Å². The lowest BCUT2D eigenvalue weighted by Gasteiger charge is -2.58. The van der Waals surface area contributed by atoms with E-state index in [2.05, 4.69) is 0 Å². The molecule has 0 radical (unpaired) electrons. The van der Waals surface area contributed by atoms with Crippen LogP contribution in [-0.4, -0.2) is 38.5 Å². The number of ether oxygens (including phenoxy) is 1.